The fraction of sp³-hybridized carbons (Fsp3) is 0.312. The van der Waals surface area contributed by atoms with Gasteiger partial charge in [0, 0.05) is 18.5 Å². The van der Waals surface area contributed by atoms with Crippen LogP contribution in [0.4, 0.5) is 16.5 Å². The molecule has 0 aliphatic carbocycles. The summed E-state index contributed by atoms with van der Waals surface area (Å²) in [5.74, 6) is -0.506. The fourth-order valence-electron chi connectivity index (χ4n) is 3.21. The maximum absolute atomic E-state index is 12.6. The van der Waals surface area contributed by atoms with Crippen molar-refractivity contribution in [2.45, 2.75) is 18.4 Å². The van der Waals surface area contributed by atoms with Gasteiger partial charge in [-0.05, 0) is 25.0 Å². The Labute approximate surface area is 142 Å². The zero-order valence-corrected chi connectivity index (χ0v) is 13.7. The van der Waals surface area contributed by atoms with Crippen LogP contribution in [0.1, 0.15) is 23.3 Å². The van der Waals surface area contributed by atoms with Crippen molar-refractivity contribution in [3.63, 3.8) is 0 Å². The molecule has 24 heavy (non-hydrogen) atoms. The van der Waals surface area contributed by atoms with Gasteiger partial charge in [-0.15, -0.1) is 11.3 Å². The van der Waals surface area contributed by atoms with Crippen LogP contribution in [0, 0.1) is 0 Å². The molecule has 0 bridgehead atoms. The molecule has 1 saturated heterocycles. The third-order valence-corrected chi connectivity index (χ3v) is 5.52. The number of nitrogens with one attached hydrogen (secondary N) is 2. The molecule has 124 valence electrons. The molecule has 0 atom stereocenters. The maximum Gasteiger partial charge on any atom is 0.268 e. The van der Waals surface area contributed by atoms with E-state index in [1.165, 1.54) is 11.3 Å². The van der Waals surface area contributed by atoms with Crippen LogP contribution < -0.4 is 21.3 Å². The minimum absolute atomic E-state index is 0.0119. The summed E-state index contributed by atoms with van der Waals surface area (Å²) in [5, 5.41) is 8.87. The number of thiazole rings is 1. The highest BCUT2D eigenvalue weighted by atomic mass is 32.1. The molecule has 2 aromatic rings. The van der Waals surface area contributed by atoms with Crippen LogP contribution in [0.3, 0.4) is 0 Å². The van der Waals surface area contributed by atoms with Crippen LogP contribution in [-0.4, -0.2) is 35.4 Å². The Kier molecular flexibility index (Phi) is 3.42. The molecule has 2 amide bonds. The number of primary amides is 1. The van der Waals surface area contributed by atoms with Crippen LogP contribution in [0.2, 0.25) is 0 Å². The van der Waals surface area contributed by atoms with Crippen molar-refractivity contribution in [1.29, 1.82) is 0 Å². The quantitative estimate of drug-likeness (QED) is 0.770. The van der Waals surface area contributed by atoms with Crippen molar-refractivity contribution >= 4 is 39.7 Å². The smallest absolute Gasteiger partial charge is 0.268 e. The number of hydrogen-bond acceptors (Lipinski definition) is 6. The summed E-state index contributed by atoms with van der Waals surface area (Å²) in [6, 6.07) is 7.72. The number of carbonyl (C=O) groups excluding carboxylic acids is 2. The van der Waals surface area contributed by atoms with Gasteiger partial charge in [0.25, 0.3) is 5.91 Å². The van der Waals surface area contributed by atoms with Crippen LogP contribution in [0.25, 0.3) is 0 Å². The molecular formula is C16H17N5O2S. The number of anilines is 3. The summed E-state index contributed by atoms with van der Waals surface area (Å²) < 4.78 is 0. The van der Waals surface area contributed by atoms with E-state index in [9.17, 15) is 9.59 Å². The SMILES string of the molecule is NC(=O)c1csc(N2CCC3(CC2)Nc2ccccc2NC3=O)n1. The Balaban J connectivity index is 1.51. The highest BCUT2D eigenvalue weighted by Crippen LogP contribution is 2.37. The van der Waals surface area contributed by atoms with E-state index in [4.69, 9.17) is 5.73 Å². The Morgan fingerprint density at radius 1 is 1.25 bits per heavy atom. The third kappa shape index (κ3) is 2.39. The second-order valence-electron chi connectivity index (χ2n) is 6.07. The fourth-order valence-corrected chi connectivity index (χ4v) is 4.08. The van der Waals surface area contributed by atoms with Gasteiger partial charge < -0.3 is 21.3 Å². The topological polar surface area (TPSA) is 100 Å². The van der Waals surface area contributed by atoms with Gasteiger partial charge in [0.15, 0.2) is 5.13 Å². The number of fused-ring (bicyclic) bond motifs is 1. The summed E-state index contributed by atoms with van der Waals surface area (Å²) >= 11 is 1.40. The van der Waals surface area contributed by atoms with Crippen molar-refractivity contribution < 1.29 is 9.59 Å². The molecule has 8 heteroatoms. The molecule has 0 unspecified atom stereocenters. The molecular weight excluding hydrogens is 326 g/mol. The van der Waals surface area contributed by atoms with Crippen molar-refractivity contribution in [2.75, 3.05) is 28.6 Å². The van der Waals surface area contributed by atoms with E-state index in [1.54, 1.807) is 5.38 Å². The number of carbonyl (C=O) groups is 2. The molecule has 0 saturated carbocycles. The minimum Gasteiger partial charge on any atom is -0.369 e. The van der Waals surface area contributed by atoms with Crippen molar-refractivity contribution in [3.05, 3.63) is 35.3 Å². The number of amides is 2. The first-order chi connectivity index (χ1) is 11.6. The highest BCUT2D eigenvalue weighted by molar-refractivity contribution is 7.13. The normalized spacial score (nSPS) is 18.7. The lowest BCUT2D eigenvalue weighted by molar-refractivity contribution is -0.121. The van der Waals surface area contributed by atoms with Gasteiger partial charge in [-0.25, -0.2) is 4.98 Å². The molecule has 2 aliphatic rings. The predicted molar refractivity (Wildman–Crippen MR) is 93.5 cm³/mol. The van der Waals surface area contributed by atoms with Gasteiger partial charge in [0.2, 0.25) is 5.91 Å². The number of hydrogen-bond donors (Lipinski definition) is 3. The summed E-state index contributed by atoms with van der Waals surface area (Å²) in [6.45, 7) is 1.38. The highest BCUT2D eigenvalue weighted by Gasteiger charge is 2.44. The number of aromatic nitrogens is 1. The Morgan fingerprint density at radius 3 is 2.62 bits per heavy atom. The van der Waals surface area contributed by atoms with E-state index >= 15 is 0 Å². The Hall–Kier alpha value is -2.61. The predicted octanol–water partition coefficient (Wildman–Crippen LogP) is 1.65. The van der Waals surface area contributed by atoms with Crippen LogP contribution in [0.15, 0.2) is 29.6 Å². The molecule has 4 N–H and O–H groups in total. The first-order valence-corrected chi connectivity index (χ1v) is 8.64. The first kappa shape index (κ1) is 14.9. The van der Waals surface area contributed by atoms with Gasteiger partial charge >= 0.3 is 0 Å². The second-order valence-corrected chi connectivity index (χ2v) is 6.91. The number of benzene rings is 1. The lowest BCUT2D eigenvalue weighted by Crippen LogP contribution is -2.58. The Morgan fingerprint density at radius 2 is 1.96 bits per heavy atom. The molecule has 2 aliphatic heterocycles. The van der Waals surface area contributed by atoms with Gasteiger partial charge in [-0.2, -0.15) is 0 Å². The average molecular weight is 343 g/mol. The monoisotopic (exact) mass is 343 g/mol. The van der Waals surface area contributed by atoms with Gasteiger partial charge in [-0.1, -0.05) is 12.1 Å². The van der Waals surface area contributed by atoms with Crippen LogP contribution in [0.5, 0.6) is 0 Å². The van der Waals surface area contributed by atoms with E-state index in [-0.39, 0.29) is 11.6 Å². The van der Waals surface area contributed by atoms with E-state index in [0.29, 0.717) is 25.9 Å². The van der Waals surface area contributed by atoms with E-state index < -0.39 is 11.4 Å². The zero-order chi connectivity index (χ0) is 16.7. The maximum atomic E-state index is 12.6. The average Bonchev–Trinajstić information content (AvgIpc) is 3.07. The largest absolute Gasteiger partial charge is 0.369 e. The van der Waals surface area contributed by atoms with Gasteiger partial charge in [0.05, 0.1) is 11.4 Å². The standard InChI is InChI=1S/C16H17N5O2S/c17-13(22)12-9-24-15(19-12)21-7-5-16(6-8-21)14(23)18-10-3-1-2-4-11(10)20-16/h1-4,9,20H,5-8H2,(H2,17,22)(H,18,23). The number of piperidine rings is 1. The van der Waals surface area contributed by atoms with Crippen LogP contribution in [-0.2, 0) is 4.79 Å². The number of nitrogens with two attached hydrogens (primary N) is 1. The van der Waals surface area contributed by atoms with Crippen molar-refractivity contribution in [1.82, 2.24) is 4.98 Å². The molecule has 7 nitrogen and oxygen atoms in total. The van der Waals surface area contributed by atoms with Crippen molar-refractivity contribution in [3.8, 4) is 0 Å². The molecule has 0 radical (unpaired) electrons. The molecule has 4 rings (SSSR count). The number of para-hydroxylation sites is 2. The summed E-state index contributed by atoms with van der Waals surface area (Å²) in [4.78, 5) is 30.2. The van der Waals surface area contributed by atoms with Gasteiger partial charge in [0.1, 0.15) is 11.2 Å². The van der Waals surface area contributed by atoms with Crippen LogP contribution >= 0.6 is 11.3 Å². The van der Waals surface area contributed by atoms with Crippen molar-refractivity contribution in [2.24, 2.45) is 5.73 Å². The Bertz CT molecular complexity index is 810. The molecule has 1 aromatic heterocycles. The minimum atomic E-state index is -0.589. The molecule has 3 heterocycles. The lowest BCUT2D eigenvalue weighted by atomic mass is 9.84. The van der Waals surface area contributed by atoms with E-state index in [1.807, 2.05) is 24.3 Å². The molecule has 1 fully saturated rings. The number of nitrogens with zero attached hydrogens (tertiary/aromatic N) is 2. The summed E-state index contributed by atoms with van der Waals surface area (Å²) in [7, 11) is 0. The number of rotatable bonds is 2. The molecule has 1 aromatic carbocycles. The van der Waals surface area contributed by atoms with E-state index in [0.717, 1.165) is 16.5 Å². The first-order valence-electron chi connectivity index (χ1n) is 7.76. The van der Waals surface area contributed by atoms with E-state index in [2.05, 4.69) is 20.5 Å². The zero-order valence-electron chi connectivity index (χ0n) is 12.9. The van der Waals surface area contributed by atoms with Gasteiger partial charge in [-0.3, -0.25) is 9.59 Å². The third-order valence-electron chi connectivity index (χ3n) is 4.62. The second kappa shape index (κ2) is 5.48. The molecule has 1 spiro atoms. The summed E-state index contributed by atoms with van der Waals surface area (Å²) in [6.07, 6.45) is 1.33. The summed E-state index contributed by atoms with van der Waals surface area (Å²) in [5.41, 5.74) is 6.73. The lowest BCUT2D eigenvalue weighted by Gasteiger charge is -2.44.